The number of hydrogen-bond donors (Lipinski definition) is 1. The van der Waals surface area contributed by atoms with E-state index < -0.39 is 0 Å². The maximum Gasteiger partial charge on any atom is 0.246 e. The van der Waals surface area contributed by atoms with E-state index in [1.807, 2.05) is 52.8 Å². The summed E-state index contributed by atoms with van der Waals surface area (Å²) >= 11 is 1.61. The molecule has 1 aliphatic rings. The molecule has 1 aliphatic heterocycles. The molecule has 0 unspecified atom stereocenters. The van der Waals surface area contributed by atoms with Gasteiger partial charge in [-0.3, -0.25) is 14.5 Å². The van der Waals surface area contributed by atoms with Crippen LogP contribution < -0.4 is 5.32 Å². The van der Waals surface area contributed by atoms with Crippen LogP contribution in [-0.2, 0) is 16.0 Å². The first-order valence-corrected chi connectivity index (χ1v) is 10.1. The van der Waals surface area contributed by atoms with Crippen molar-refractivity contribution < 1.29 is 9.59 Å². The molecule has 2 aromatic rings. The summed E-state index contributed by atoms with van der Waals surface area (Å²) in [6.07, 6.45) is 4.38. The molecule has 0 bridgehead atoms. The van der Waals surface area contributed by atoms with E-state index >= 15 is 0 Å². The van der Waals surface area contributed by atoms with E-state index in [1.165, 1.54) is 0 Å². The number of carbonyl (C=O) groups excluding carboxylic acids is 2. The van der Waals surface area contributed by atoms with Crippen molar-refractivity contribution in [1.29, 1.82) is 0 Å². The van der Waals surface area contributed by atoms with Gasteiger partial charge in [-0.1, -0.05) is 31.2 Å². The molecule has 142 valence electrons. The Hall–Kier alpha value is -2.44. The van der Waals surface area contributed by atoms with Crippen LogP contribution in [0, 0.1) is 0 Å². The molecule has 1 aromatic heterocycles. The largest absolute Gasteiger partial charge is 0.337 e. The normalized spacial score (nSPS) is 15.2. The van der Waals surface area contributed by atoms with Crippen molar-refractivity contribution in [1.82, 2.24) is 9.80 Å². The highest BCUT2D eigenvalue weighted by atomic mass is 32.1. The van der Waals surface area contributed by atoms with Crippen molar-refractivity contribution >= 4 is 34.9 Å². The van der Waals surface area contributed by atoms with Crippen LogP contribution in [0.2, 0.25) is 0 Å². The first kappa shape index (κ1) is 19.3. The molecule has 27 heavy (non-hydrogen) atoms. The van der Waals surface area contributed by atoms with Crippen LogP contribution in [-0.4, -0.2) is 54.3 Å². The average Bonchev–Trinajstić information content (AvgIpc) is 3.20. The Balaban J connectivity index is 1.45. The molecule has 2 heterocycles. The fourth-order valence-corrected chi connectivity index (χ4v) is 3.73. The minimum Gasteiger partial charge on any atom is -0.337 e. The highest BCUT2D eigenvalue weighted by Gasteiger charge is 2.21. The average molecular weight is 384 g/mol. The number of amides is 2. The van der Waals surface area contributed by atoms with Gasteiger partial charge in [0.25, 0.3) is 0 Å². The number of para-hydroxylation sites is 1. The maximum atomic E-state index is 12.4. The molecule has 3 rings (SSSR count). The first-order chi connectivity index (χ1) is 13.2. The van der Waals surface area contributed by atoms with Gasteiger partial charge in [0.15, 0.2) is 0 Å². The second-order valence-corrected chi connectivity index (χ2v) is 7.49. The van der Waals surface area contributed by atoms with Gasteiger partial charge in [-0.05, 0) is 35.6 Å². The lowest BCUT2D eigenvalue weighted by atomic mass is 10.1. The van der Waals surface area contributed by atoms with E-state index in [-0.39, 0.29) is 11.8 Å². The third kappa shape index (κ3) is 5.52. The van der Waals surface area contributed by atoms with Crippen LogP contribution in [0.1, 0.15) is 17.4 Å². The number of aryl methyl sites for hydroxylation is 1. The molecule has 0 aliphatic carbocycles. The molecule has 0 atom stereocenters. The van der Waals surface area contributed by atoms with Crippen molar-refractivity contribution in [3.63, 3.8) is 0 Å². The Morgan fingerprint density at radius 1 is 1.11 bits per heavy atom. The number of anilines is 1. The molecule has 1 saturated heterocycles. The monoisotopic (exact) mass is 383 g/mol. The van der Waals surface area contributed by atoms with Crippen molar-refractivity contribution in [2.45, 2.75) is 13.3 Å². The molecule has 0 spiro atoms. The SMILES string of the molecule is CCc1ccccc1NC(=O)CN1CCN(C(=O)/C=C/c2cccs2)CC1. The summed E-state index contributed by atoms with van der Waals surface area (Å²) in [6, 6.07) is 11.8. The van der Waals surface area contributed by atoms with Crippen molar-refractivity contribution in [2.75, 3.05) is 38.0 Å². The molecular formula is C21H25N3O2S. The molecule has 0 radical (unpaired) electrons. The van der Waals surface area contributed by atoms with Gasteiger partial charge in [0.1, 0.15) is 0 Å². The van der Waals surface area contributed by atoms with Gasteiger partial charge < -0.3 is 10.2 Å². The predicted octanol–water partition coefficient (Wildman–Crippen LogP) is 3.11. The van der Waals surface area contributed by atoms with Gasteiger partial charge >= 0.3 is 0 Å². The number of thiophene rings is 1. The van der Waals surface area contributed by atoms with Crippen LogP contribution in [0.25, 0.3) is 6.08 Å². The molecule has 1 N–H and O–H groups in total. The Kier molecular flexibility index (Phi) is 6.79. The van der Waals surface area contributed by atoms with Crippen molar-refractivity contribution in [3.8, 4) is 0 Å². The van der Waals surface area contributed by atoms with Crippen LogP contribution in [0.5, 0.6) is 0 Å². The van der Waals surface area contributed by atoms with E-state index in [0.717, 1.165) is 22.5 Å². The van der Waals surface area contributed by atoms with Gasteiger partial charge in [-0.2, -0.15) is 0 Å². The van der Waals surface area contributed by atoms with Gasteiger partial charge in [-0.25, -0.2) is 0 Å². The Labute approximate surface area is 164 Å². The van der Waals surface area contributed by atoms with Gasteiger partial charge in [-0.15, -0.1) is 11.3 Å². The maximum absolute atomic E-state index is 12.4. The van der Waals surface area contributed by atoms with E-state index in [1.54, 1.807) is 17.4 Å². The Morgan fingerprint density at radius 2 is 1.89 bits per heavy atom. The summed E-state index contributed by atoms with van der Waals surface area (Å²) in [6.45, 7) is 5.14. The van der Waals surface area contributed by atoms with Gasteiger partial charge in [0, 0.05) is 42.8 Å². The molecule has 1 aromatic carbocycles. The zero-order valence-corrected chi connectivity index (χ0v) is 16.4. The highest BCUT2D eigenvalue weighted by Crippen LogP contribution is 2.15. The third-order valence-corrected chi connectivity index (χ3v) is 5.49. The van der Waals surface area contributed by atoms with E-state index in [4.69, 9.17) is 0 Å². The fourth-order valence-electron chi connectivity index (χ4n) is 3.11. The first-order valence-electron chi connectivity index (χ1n) is 9.26. The third-order valence-electron chi connectivity index (χ3n) is 4.66. The molecule has 6 heteroatoms. The fraction of sp³-hybridized carbons (Fsp3) is 0.333. The van der Waals surface area contributed by atoms with Gasteiger partial charge in [0.2, 0.25) is 11.8 Å². The minimum atomic E-state index is -0.00623. The highest BCUT2D eigenvalue weighted by molar-refractivity contribution is 7.10. The van der Waals surface area contributed by atoms with E-state index in [2.05, 4.69) is 17.1 Å². The number of piperazine rings is 1. The number of hydrogen-bond acceptors (Lipinski definition) is 4. The number of rotatable bonds is 6. The van der Waals surface area contributed by atoms with Crippen LogP contribution >= 0.6 is 11.3 Å². The Bertz CT molecular complexity index is 794. The number of nitrogens with one attached hydrogen (secondary N) is 1. The number of benzene rings is 1. The van der Waals surface area contributed by atoms with E-state index in [9.17, 15) is 9.59 Å². The lowest BCUT2D eigenvalue weighted by Crippen LogP contribution is -2.50. The topological polar surface area (TPSA) is 52.7 Å². The Morgan fingerprint density at radius 3 is 2.59 bits per heavy atom. The molecular weight excluding hydrogens is 358 g/mol. The predicted molar refractivity (Wildman–Crippen MR) is 111 cm³/mol. The second kappa shape index (κ2) is 9.48. The number of carbonyl (C=O) groups is 2. The quantitative estimate of drug-likeness (QED) is 0.780. The summed E-state index contributed by atoms with van der Waals surface area (Å²) in [7, 11) is 0. The standard InChI is InChI=1S/C21H25N3O2S/c1-2-17-6-3-4-8-19(17)22-20(25)16-23-11-13-24(14-12-23)21(26)10-9-18-7-5-15-27-18/h3-10,15H,2,11-14,16H2,1H3,(H,22,25)/b10-9+. The zero-order valence-electron chi connectivity index (χ0n) is 15.6. The van der Waals surface area contributed by atoms with E-state index in [0.29, 0.717) is 32.7 Å². The zero-order chi connectivity index (χ0) is 19.1. The summed E-state index contributed by atoms with van der Waals surface area (Å²) in [5.74, 6) is 0.0256. The molecule has 1 fully saturated rings. The van der Waals surface area contributed by atoms with Crippen molar-refractivity contribution in [3.05, 3.63) is 58.3 Å². The summed E-state index contributed by atoms with van der Waals surface area (Å²) < 4.78 is 0. The van der Waals surface area contributed by atoms with Crippen LogP contribution in [0.15, 0.2) is 47.9 Å². The lowest BCUT2D eigenvalue weighted by Gasteiger charge is -2.33. The van der Waals surface area contributed by atoms with Crippen LogP contribution in [0.4, 0.5) is 5.69 Å². The molecule has 0 saturated carbocycles. The minimum absolute atomic E-state index is 0.00623. The van der Waals surface area contributed by atoms with Crippen LogP contribution in [0.3, 0.4) is 0 Å². The lowest BCUT2D eigenvalue weighted by molar-refractivity contribution is -0.127. The summed E-state index contributed by atoms with van der Waals surface area (Å²) in [5.41, 5.74) is 2.02. The molecule has 2 amide bonds. The summed E-state index contributed by atoms with van der Waals surface area (Å²) in [4.78, 5) is 29.6. The van der Waals surface area contributed by atoms with Gasteiger partial charge in [0.05, 0.1) is 6.54 Å². The smallest absolute Gasteiger partial charge is 0.246 e. The molecule has 5 nitrogen and oxygen atoms in total. The second-order valence-electron chi connectivity index (χ2n) is 6.51. The summed E-state index contributed by atoms with van der Waals surface area (Å²) in [5, 5.41) is 5.00. The van der Waals surface area contributed by atoms with Crippen molar-refractivity contribution in [2.24, 2.45) is 0 Å². The number of nitrogens with zero attached hydrogens (tertiary/aromatic N) is 2.